The van der Waals surface area contributed by atoms with E-state index in [0.29, 0.717) is 38.6 Å². The number of amides is 6. The molecule has 1 heterocycles. The summed E-state index contributed by atoms with van der Waals surface area (Å²) in [6, 6.07) is 12.9. The second-order valence-corrected chi connectivity index (χ2v) is 23.1. The summed E-state index contributed by atoms with van der Waals surface area (Å²) in [7, 11) is 4.53. The molecule has 0 aromatic heterocycles. The molecule has 1 saturated heterocycles. The van der Waals surface area contributed by atoms with Crippen molar-refractivity contribution in [2.75, 3.05) is 34.2 Å². The van der Waals surface area contributed by atoms with E-state index in [1.165, 1.54) is 28.7 Å². The molecule has 0 spiro atoms. The van der Waals surface area contributed by atoms with Gasteiger partial charge in [0.15, 0.2) is 12.1 Å². The average molecular weight is 1080 g/mol. The Hall–Kier alpha value is -5.43. The quantitative estimate of drug-likeness (QED) is 0.0471. The van der Waals surface area contributed by atoms with E-state index in [9.17, 15) is 39.0 Å². The number of aliphatic hydroxyl groups excluding tert-OH is 2. The number of rotatable bonds is 30. The fourth-order valence-electron chi connectivity index (χ4n) is 11.0. The van der Waals surface area contributed by atoms with Gasteiger partial charge in [0.05, 0.1) is 18.2 Å². The van der Waals surface area contributed by atoms with Crippen molar-refractivity contribution in [2.45, 2.75) is 194 Å². The molecule has 0 radical (unpaired) electrons. The van der Waals surface area contributed by atoms with Crippen molar-refractivity contribution < 1.29 is 48.5 Å². The highest BCUT2D eigenvalue weighted by Crippen LogP contribution is 2.31. The summed E-state index contributed by atoms with van der Waals surface area (Å²) in [4.78, 5) is 103. The fraction of sp³-hybridized carbons (Fsp3) is 0.678. The normalized spacial score (nSPS) is 18.9. The van der Waals surface area contributed by atoms with Crippen molar-refractivity contribution >= 4 is 41.4 Å². The van der Waals surface area contributed by atoms with Crippen LogP contribution in [0.15, 0.2) is 60.7 Å². The van der Waals surface area contributed by atoms with Gasteiger partial charge in [-0.15, -0.1) is 0 Å². The van der Waals surface area contributed by atoms with Gasteiger partial charge in [-0.25, -0.2) is 4.79 Å². The van der Waals surface area contributed by atoms with Gasteiger partial charge in [-0.1, -0.05) is 142 Å². The maximum Gasteiger partial charge on any atom is 0.332 e. The van der Waals surface area contributed by atoms with E-state index in [0.717, 1.165) is 41.7 Å². The Morgan fingerprint density at radius 2 is 1.31 bits per heavy atom. The third-order valence-corrected chi connectivity index (χ3v) is 15.6. The Balaban J connectivity index is 1.60. The predicted octanol–water partition coefficient (Wildman–Crippen LogP) is 4.43. The van der Waals surface area contributed by atoms with Crippen molar-refractivity contribution in [3.05, 3.63) is 71.8 Å². The number of carbonyl (C=O) groups excluding carboxylic acids is 7. The van der Waals surface area contributed by atoms with Crippen molar-refractivity contribution in [3.63, 3.8) is 0 Å². The first-order valence-electron chi connectivity index (χ1n) is 28.2. The number of nitrogens with two attached hydrogens (primary N) is 1. The zero-order chi connectivity index (χ0) is 57.3. The zero-order valence-electron chi connectivity index (χ0n) is 48.2. The predicted molar refractivity (Wildman–Crippen MR) is 297 cm³/mol. The molecule has 2 fully saturated rings. The number of primary amides is 1. The lowest BCUT2D eigenvalue weighted by Crippen LogP contribution is -2.63. The average Bonchev–Trinajstić information content (AvgIpc) is 3.35. The highest BCUT2D eigenvalue weighted by Gasteiger charge is 2.45. The van der Waals surface area contributed by atoms with E-state index in [4.69, 9.17) is 10.5 Å². The van der Waals surface area contributed by atoms with E-state index in [-0.39, 0.29) is 54.9 Å². The highest BCUT2D eigenvalue weighted by atomic mass is 16.6. The summed E-state index contributed by atoms with van der Waals surface area (Å²) in [6.45, 7) is 17.2. The molecule has 2 aromatic rings. The minimum absolute atomic E-state index is 0.0853. The minimum Gasteiger partial charge on any atom is -0.450 e. The smallest absolute Gasteiger partial charge is 0.332 e. The van der Waals surface area contributed by atoms with Crippen LogP contribution < -0.4 is 21.7 Å². The van der Waals surface area contributed by atoms with Gasteiger partial charge in [0.25, 0.3) is 5.91 Å². The summed E-state index contributed by atoms with van der Waals surface area (Å²) in [5.41, 5.74) is 7.54. The summed E-state index contributed by atoms with van der Waals surface area (Å²) >= 11 is 0. The standard InChI is InChI=1S/C59H94N8O10/c1-13-39(8)32-48(69)64(10)49(37(4)5)55(72)63-46(31-36(2)3)56(73)66(12)51(40(9)68)59(76)77-52(43-27-21-16-22-28-43)58(75)65(11)50(38(6)7)54(71)62-44(33-41-23-17-14-18-24-41)35-61-45(34-42-25-19-15-20-26-42)57(74)67-30-29-47(67)53(60)70/h14-15,17-20,23-26,36-40,43-47,49-52,54,61-62,68,71H,13,16,21-22,27-35H2,1-12H3,(H2,60,70)(H,63,72)/t39-,40-,44+,45+,46+,47+,49+,50+,51+,52?,54?/m1/s1. The summed E-state index contributed by atoms with van der Waals surface area (Å²) in [5, 5.41) is 33.3. The van der Waals surface area contributed by atoms with Gasteiger partial charge in [0, 0.05) is 52.6 Å². The first-order valence-corrected chi connectivity index (χ1v) is 28.2. The lowest BCUT2D eigenvalue weighted by atomic mass is 9.84. The van der Waals surface area contributed by atoms with Gasteiger partial charge in [-0.05, 0) is 80.2 Å². The summed E-state index contributed by atoms with van der Waals surface area (Å²) in [6.07, 6.45) is 2.09. The minimum atomic E-state index is -1.57. The Labute approximate surface area is 458 Å². The first-order chi connectivity index (χ1) is 36.4. The fourth-order valence-corrected chi connectivity index (χ4v) is 11.0. The van der Waals surface area contributed by atoms with E-state index >= 15 is 4.79 Å². The first kappa shape index (κ1) is 64.1. The molecular formula is C59H94N8O10. The molecule has 11 atom stereocenters. The van der Waals surface area contributed by atoms with Crippen molar-refractivity contribution in [3.8, 4) is 0 Å². The van der Waals surface area contributed by atoms with Crippen LogP contribution in [0, 0.1) is 29.6 Å². The van der Waals surface area contributed by atoms with Crippen molar-refractivity contribution in [1.29, 1.82) is 0 Å². The van der Waals surface area contributed by atoms with Crippen LogP contribution in [-0.4, -0.2) is 166 Å². The lowest BCUT2D eigenvalue weighted by Gasteiger charge is -2.41. The number of likely N-dealkylation sites (N-methyl/N-ethyl adjacent to an activating group) is 3. The van der Waals surface area contributed by atoms with Crippen LogP contribution in [0.5, 0.6) is 0 Å². The van der Waals surface area contributed by atoms with Crippen LogP contribution in [0.1, 0.15) is 131 Å². The number of benzene rings is 2. The van der Waals surface area contributed by atoms with E-state index in [2.05, 4.69) is 16.0 Å². The molecule has 18 nitrogen and oxygen atoms in total. The third kappa shape index (κ3) is 18.3. The Bertz CT molecular complexity index is 2210. The summed E-state index contributed by atoms with van der Waals surface area (Å²) < 4.78 is 6.25. The third-order valence-electron chi connectivity index (χ3n) is 15.6. The van der Waals surface area contributed by atoms with Crippen LogP contribution in [0.3, 0.4) is 0 Å². The van der Waals surface area contributed by atoms with Crippen LogP contribution in [-0.2, 0) is 51.1 Å². The Morgan fingerprint density at radius 3 is 1.81 bits per heavy atom. The van der Waals surface area contributed by atoms with Gasteiger partial charge >= 0.3 is 5.97 Å². The van der Waals surface area contributed by atoms with Crippen molar-refractivity contribution in [1.82, 2.24) is 35.6 Å². The molecule has 1 aliphatic heterocycles. The molecule has 2 aliphatic rings. The molecule has 77 heavy (non-hydrogen) atoms. The lowest BCUT2D eigenvalue weighted by molar-refractivity contribution is -0.175. The van der Waals surface area contributed by atoms with Crippen LogP contribution in [0.2, 0.25) is 0 Å². The number of hydrogen-bond donors (Lipinski definition) is 6. The largest absolute Gasteiger partial charge is 0.450 e. The van der Waals surface area contributed by atoms with Gasteiger partial charge in [-0.2, -0.15) is 0 Å². The molecule has 7 N–H and O–H groups in total. The maximum atomic E-state index is 15.1. The van der Waals surface area contributed by atoms with E-state index in [1.54, 1.807) is 14.1 Å². The molecule has 1 saturated carbocycles. The molecule has 2 aromatic carbocycles. The SMILES string of the molecule is CC[C@@H](C)CC(=O)N(C)[C@H](C(=O)N[C@@H](CC(C)C)C(=O)N(C)[C@H](C(=O)OC(C(=O)N(C)[C@@H](C(C)C)C(O)N[C@H](CN[C@@H](Cc1ccccc1)C(=O)N1CC[C@H]1C(N)=O)Cc1ccccc1)C1CCCCC1)[C@@H](C)O)C(C)C. The van der Waals surface area contributed by atoms with Gasteiger partial charge in [-0.3, -0.25) is 34.1 Å². The zero-order valence-corrected chi connectivity index (χ0v) is 48.2. The van der Waals surface area contributed by atoms with Gasteiger partial charge < -0.3 is 50.9 Å². The van der Waals surface area contributed by atoms with Crippen LogP contribution in [0.4, 0.5) is 0 Å². The molecular weight excluding hydrogens is 981 g/mol. The van der Waals surface area contributed by atoms with Gasteiger partial charge in [0.2, 0.25) is 29.5 Å². The number of carbonyl (C=O) groups is 7. The molecule has 1 aliphatic carbocycles. The number of hydrogen-bond acceptors (Lipinski definition) is 12. The van der Waals surface area contributed by atoms with Crippen LogP contribution in [0.25, 0.3) is 0 Å². The second-order valence-electron chi connectivity index (χ2n) is 23.1. The summed E-state index contributed by atoms with van der Waals surface area (Å²) in [5.74, 6) is -4.70. The van der Waals surface area contributed by atoms with Crippen molar-refractivity contribution in [2.24, 2.45) is 35.3 Å². The Kier molecular flexibility index (Phi) is 25.5. The van der Waals surface area contributed by atoms with E-state index < -0.39 is 96.2 Å². The number of aliphatic hydroxyl groups is 2. The highest BCUT2D eigenvalue weighted by molar-refractivity contribution is 5.94. The number of nitrogens with one attached hydrogen (secondary N) is 3. The molecule has 0 bridgehead atoms. The maximum absolute atomic E-state index is 15.1. The molecule has 430 valence electrons. The second kappa shape index (κ2) is 30.6. The number of ether oxygens (including phenoxy) is 1. The number of esters is 1. The number of nitrogens with zero attached hydrogens (tertiary/aromatic N) is 4. The van der Waals surface area contributed by atoms with E-state index in [1.807, 2.05) is 116 Å². The number of likely N-dealkylation sites (tertiary alicyclic amines) is 1. The van der Waals surface area contributed by atoms with Crippen LogP contribution >= 0.6 is 0 Å². The molecule has 2 unspecified atom stereocenters. The molecule has 6 amide bonds. The molecule has 4 rings (SSSR count). The van der Waals surface area contributed by atoms with Gasteiger partial charge in [0.1, 0.15) is 24.4 Å². The Morgan fingerprint density at radius 1 is 0.727 bits per heavy atom. The topological polar surface area (TPSA) is 244 Å². The monoisotopic (exact) mass is 1070 g/mol. The molecule has 18 heteroatoms.